The van der Waals surface area contributed by atoms with E-state index in [4.69, 9.17) is 4.74 Å². The number of fused-ring (bicyclic) bond motifs is 2. The summed E-state index contributed by atoms with van der Waals surface area (Å²) in [6.45, 7) is 6.58. The van der Waals surface area contributed by atoms with Gasteiger partial charge in [0.05, 0.1) is 9.61 Å². The molecular weight excluding hydrogens is 519 g/mol. The second-order valence-electron chi connectivity index (χ2n) is 8.64. The van der Waals surface area contributed by atoms with Crippen molar-refractivity contribution in [3.63, 3.8) is 0 Å². The van der Waals surface area contributed by atoms with Gasteiger partial charge in [0.25, 0.3) is 11.8 Å². The Morgan fingerprint density at radius 2 is 2.09 bits per heavy atom. The van der Waals surface area contributed by atoms with E-state index in [-0.39, 0.29) is 42.1 Å². The van der Waals surface area contributed by atoms with Crippen molar-refractivity contribution in [2.75, 3.05) is 13.2 Å². The van der Waals surface area contributed by atoms with Crippen LogP contribution in [0.15, 0.2) is 53.3 Å². The van der Waals surface area contributed by atoms with E-state index in [1.165, 1.54) is 0 Å². The Bertz CT molecular complexity index is 1070. The number of allylic oxidation sites excluding steroid dienone is 4. The zero-order valence-electron chi connectivity index (χ0n) is 18.5. The highest BCUT2D eigenvalue weighted by Gasteiger charge is 2.49. The zero-order valence-corrected chi connectivity index (χ0v) is 20.6. The number of halogens is 1. The van der Waals surface area contributed by atoms with Gasteiger partial charge in [0.1, 0.15) is 5.75 Å². The molecule has 2 amide bonds. The lowest BCUT2D eigenvalue weighted by Gasteiger charge is -2.23. The fourth-order valence-electron chi connectivity index (χ4n) is 4.64. The molecule has 1 fully saturated rings. The predicted molar refractivity (Wildman–Crippen MR) is 130 cm³/mol. The molecule has 0 saturated carbocycles. The van der Waals surface area contributed by atoms with Crippen LogP contribution < -0.4 is 10.1 Å². The largest absolute Gasteiger partial charge is 0.483 e. The standard InChI is InChI=1S/C25H27IN2O4/c1-4-10-27-22(30)13-32-21-9-8-15(11-18(21)26)16-6-5-7-17-23(16)19-12-20(29)24(14(2)3)28(19)25(17)31/h5-9,11,14,16,24H,4,10,12-13H2,1-3H3,(H,27,30). The van der Waals surface area contributed by atoms with Crippen molar-refractivity contribution in [3.05, 3.63) is 62.4 Å². The van der Waals surface area contributed by atoms with Gasteiger partial charge in [-0.15, -0.1) is 0 Å². The number of rotatable bonds is 7. The minimum Gasteiger partial charge on any atom is -0.483 e. The van der Waals surface area contributed by atoms with Gasteiger partial charge in [0.2, 0.25) is 0 Å². The van der Waals surface area contributed by atoms with E-state index in [0.717, 1.165) is 26.8 Å². The summed E-state index contributed by atoms with van der Waals surface area (Å²) in [6.07, 6.45) is 7.03. The minimum absolute atomic E-state index is 0.0248. The van der Waals surface area contributed by atoms with E-state index in [9.17, 15) is 14.4 Å². The number of benzene rings is 1. The fourth-order valence-corrected chi connectivity index (χ4v) is 5.34. The summed E-state index contributed by atoms with van der Waals surface area (Å²) in [7, 11) is 0. The van der Waals surface area contributed by atoms with Crippen molar-refractivity contribution in [2.24, 2.45) is 5.92 Å². The molecule has 2 aliphatic heterocycles. The summed E-state index contributed by atoms with van der Waals surface area (Å²) in [6, 6.07) is 5.48. The number of ketones is 1. The van der Waals surface area contributed by atoms with Crippen LogP contribution in [0.25, 0.3) is 0 Å². The molecule has 0 aromatic heterocycles. The van der Waals surface area contributed by atoms with E-state index < -0.39 is 0 Å². The van der Waals surface area contributed by atoms with Crippen LogP contribution in [0, 0.1) is 9.49 Å². The predicted octanol–water partition coefficient (Wildman–Crippen LogP) is 3.87. The number of Topliss-reactive ketones (excluding diaryl/α,β-unsaturated/α-hetero) is 1. The van der Waals surface area contributed by atoms with Crippen LogP contribution in [-0.4, -0.2) is 41.7 Å². The second-order valence-corrected chi connectivity index (χ2v) is 9.80. The van der Waals surface area contributed by atoms with Crippen LogP contribution in [0.2, 0.25) is 0 Å². The normalized spacial score (nSPS) is 21.8. The molecule has 6 nitrogen and oxygen atoms in total. The number of ether oxygens (including phenoxy) is 1. The molecule has 1 N–H and O–H groups in total. The first-order valence-electron chi connectivity index (χ1n) is 11.0. The van der Waals surface area contributed by atoms with Crippen LogP contribution in [0.3, 0.4) is 0 Å². The molecule has 0 bridgehead atoms. The summed E-state index contributed by atoms with van der Waals surface area (Å²) in [4.78, 5) is 39.4. The molecule has 4 rings (SSSR count). The maximum absolute atomic E-state index is 13.2. The molecule has 2 atom stereocenters. The number of nitrogens with one attached hydrogen (secondary N) is 1. The monoisotopic (exact) mass is 546 g/mol. The first-order chi connectivity index (χ1) is 15.3. The molecule has 1 aliphatic carbocycles. The van der Waals surface area contributed by atoms with Gasteiger partial charge in [-0.05, 0) is 64.3 Å². The highest BCUT2D eigenvalue weighted by atomic mass is 127. The summed E-state index contributed by atoms with van der Waals surface area (Å²) in [5.41, 5.74) is 3.50. The average Bonchev–Trinajstić information content (AvgIpc) is 3.24. The third-order valence-electron chi connectivity index (χ3n) is 6.05. The lowest BCUT2D eigenvalue weighted by Crippen LogP contribution is -2.39. The molecule has 0 spiro atoms. The summed E-state index contributed by atoms with van der Waals surface area (Å²) < 4.78 is 6.59. The van der Waals surface area contributed by atoms with Gasteiger partial charge >= 0.3 is 0 Å². The third kappa shape index (κ3) is 4.02. The molecule has 32 heavy (non-hydrogen) atoms. The summed E-state index contributed by atoms with van der Waals surface area (Å²) >= 11 is 2.20. The van der Waals surface area contributed by atoms with Crippen molar-refractivity contribution in [1.82, 2.24) is 10.2 Å². The first kappa shape index (κ1) is 22.8. The molecule has 3 aliphatic rings. The molecule has 1 saturated heterocycles. The first-order valence-corrected chi connectivity index (χ1v) is 12.1. The third-order valence-corrected chi connectivity index (χ3v) is 6.89. The lowest BCUT2D eigenvalue weighted by molar-refractivity contribution is -0.131. The van der Waals surface area contributed by atoms with Crippen LogP contribution in [0.4, 0.5) is 0 Å². The number of hydrogen-bond acceptors (Lipinski definition) is 4. The summed E-state index contributed by atoms with van der Waals surface area (Å²) in [5, 5.41) is 2.80. The number of carbonyl (C=O) groups is 3. The zero-order chi connectivity index (χ0) is 23.0. The Labute approximate surface area is 201 Å². The second kappa shape index (κ2) is 9.21. The average molecular weight is 546 g/mol. The van der Waals surface area contributed by atoms with E-state index in [0.29, 0.717) is 24.3 Å². The molecule has 0 radical (unpaired) electrons. The molecule has 2 heterocycles. The number of amides is 2. The summed E-state index contributed by atoms with van der Waals surface area (Å²) in [5.74, 6) is 0.523. The Morgan fingerprint density at radius 3 is 2.78 bits per heavy atom. The number of hydrogen-bond donors (Lipinski definition) is 1. The number of nitrogens with zero attached hydrogens (tertiary/aromatic N) is 1. The van der Waals surface area contributed by atoms with Crippen molar-refractivity contribution in [3.8, 4) is 5.75 Å². The lowest BCUT2D eigenvalue weighted by atomic mass is 9.82. The van der Waals surface area contributed by atoms with Crippen LogP contribution in [0.1, 0.15) is 45.1 Å². The number of carbonyl (C=O) groups excluding carboxylic acids is 3. The maximum Gasteiger partial charge on any atom is 0.259 e. The Kier molecular flexibility index (Phi) is 6.55. The van der Waals surface area contributed by atoms with Crippen molar-refractivity contribution < 1.29 is 19.1 Å². The van der Waals surface area contributed by atoms with Crippen molar-refractivity contribution >= 4 is 40.2 Å². The van der Waals surface area contributed by atoms with Crippen LogP contribution in [-0.2, 0) is 14.4 Å². The van der Waals surface area contributed by atoms with Crippen LogP contribution in [0.5, 0.6) is 5.75 Å². The molecular formula is C25H27IN2O4. The van der Waals surface area contributed by atoms with E-state index in [1.807, 2.05) is 51.1 Å². The molecule has 1 aromatic carbocycles. The van der Waals surface area contributed by atoms with Gasteiger partial charge in [0, 0.05) is 30.2 Å². The van der Waals surface area contributed by atoms with E-state index in [1.54, 1.807) is 4.90 Å². The quantitative estimate of drug-likeness (QED) is 0.528. The van der Waals surface area contributed by atoms with Crippen molar-refractivity contribution in [1.29, 1.82) is 0 Å². The highest BCUT2D eigenvalue weighted by Crippen LogP contribution is 2.48. The van der Waals surface area contributed by atoms with Crippen molar-refractivity contribution in [2.45, 2.75) is 45.6 Å². The van der Waals surface area contributed by atoms with Gasteiger partial charge in [-0.1, -0.05) is 39.0 Å². The molecule has 2 unspecified atom stereocenters. The van der Waals surface area contributed by atoms with Crippen LogP contribution >= 0.6 is 22.6 Å². The fraction of sp³-hybridized carbons (Fsp3) is 0.400. The van der Waals surface area contributed by atoms with E-state index in [2.05, 4.69) is 34.0 Å². The van der Waals surface area contributed by atoms with Gasteiger partial charge in [-0.25, -0.2) is 0 Å². The SMILES string of the molecule is CCCNC(=O)COc1ccc(C2C=CC=C3C(=O)N4C(=C32)CC(=O)C4C(C)C)cc1I. The Morgan fingerprint density at radius 1 is 1.31 bits per heavy atom. The van der Waals surface area contributed by atoms with Gasteiger partial charge < -0.3 is 15.0 Å². The maximum atomic E-state index is 13.2. The van der Waals surface area contributed by atoms with Gasteiger partial charge in [-0.3, -0.25) is 14.4 Å². The topological polar surface area (TPSA) is 75.7 Å². The Balaban J connectivity index is 1.60. The minimum atomic E-state index is -0.382. The molecule has 168 valence electrons. The Hall–Kier alpha value is -2.42. The smallest absolute Gasteiger partial charge is 0.259 e. The van der Waals surface area contributed by atoms with Gasteiger partial charge in [-0.2, -0.15) is 0 Å². The van der Waals surface area contributed by atoms with Gasteiger partial charge in [0.15, 0.2) is 12.4 Å². The highest BCUT2D eigenvalue weighted by molar-refractivity contribution is 14.1. The molecule has 1 aromatic rings. The molecule has 7 heteroatoms. The van der Waals surface area contributed by atoms with E-state index >= 15 is 0 Å².